The van der Waals surface area contributed by atoms with Crippen molar-refractivity contribution in [3.8, 4) is 0 Å². The molecule has 0 aromatic rings. The third-order valence-electron chi connectivity index (χ3n) is 2.81. The van der Waals surface area contributed by atoms with E-state index in [1.54, 1.807) is 0 Å². The van der Waals surface area contributed by atoms with E-state index < -0.39 is 0 Å². The van der Waals surface area contributed by atoms with Crippen molar-refractivity contribution in [1.82, 2.24) is 5.32 Å². The van der Waals surface area contributed by atoms with Crippen molar-refractivity contribution in [2.75, 3.05) is 0 Å². The first-order chi connectivity index (χ1) is 6.20. The van der Waals surface area contributed by atoms with Gasteiger partial charge in [0.05, 0.1) is 0 Å². The highest BCUT2D eigenvalue weighted by Crippen LogP contribution is 2.35. The molecule has 1 heterocycles. The highest BCUT2D eigenvalue weighted by molar-refractivity contribution is 5.59. The van der Waals surface area contributed by atoms with Crippen LogP contribution in [-0.4, -0.2) is 0 Å². The Labute approximate surface area is 79.5 Å². The maximum absolute atomic E-state index is 3.26. The molecule has 2 rings (SSSR count). The van der Waals surface area contributed by atoms with Crippen molar-refractivity contribution in [3.05, 3.63) is 52.8 Å². The van der Waals surface area contributed by atoms with Gasteiger partial charge in [-0.3, -0.25) is 0 Å². The van der Waals surface area contributed by atoms with Crippen molar-refractivity contribution in [2.24, 2.45) is 0 Å². The Morgan fingerprint density at radius 2 is 1.92 bits per heavy atom. The van der Waals surface area contributed by atoms with Gasteiger partial charge >= 0.3 is 0 Å². The maximum atomic E-state index is 3.26. The minimum Gasteiger partial charge on any atom is -0.361 e. The highest BCUT2D eigenvalue weighted by atomic mass is 14.9. The van der Waals surface area contributed by atoms with Crippen molar-refractivity contribution < 1.29 is 0 Å². The van der Waals surface area contributed by atoms with Crippen LogP contribution < -0.4 is 5.32 Å². The van der Waals surface area contributed by atoms with Crippen LogP contribution in [0.4, 0.5) is 0 Å². The summed E-state index contributed by atoms with van der Waals surface area (Å²) in [5.41, 5.74) is 5.30. The van der Waals surface area contributed by atoms with Gasteiger partial charge in [0.15, 0.2) is 0 Å². The first-order valence-corrected chi connectivity index (χ1v) is 4.57. The molecule has 0 aromatic carbocycles. The van der Waals surface area contributed by atoms with Crippen LogP contribution in [0.15, 0.2) is 46.8 Å². The number of dihydropyridines is 1. The Morgan fingerprint density at radius 1 is 1.15 bits per heavy atom. The standard InChI is InChI=1S/C12H14N/c1-8-7-12-11(5-4-6-13-12)10(3)9(8)2/h4-7,13H,1-3H3. The molecule has 0 saturated carbocycles. The topological polar surface area (TPSA) is 12.0 Å². The zero-order valence-electron chi connectivity index (χ0n) is 8.31. The second-order valence-corrected chi connectivity index (χ2v) is 3.57. The molecule has 1 aliphatic carbocycles. The van der Waals surface area contributed by atoms with Gasteiger partial charge in [0.1, 0.15) is 0 Å². The fourth-order valence-corrected chi connectivity index (χ4v) is 1.72. The molecule has 1 N–H and O–H groups in total. The molecule has 1 aliphatic heterocycles. The second-order valence-electron chi connectivity index (χ2n) is 3.57. The van der Waals surface area contributed by atoms with E-state index in [1.165, 1.54) is 28.3 Å². The summed E-state index contributed by atoms with van der Waals surface area (Å²) in [6.45, 7) is 6.51. The molecule has 0 atom stereocenters. The highest BCUT2D eigenvalue weighted by Gasteiger charge is 2.21. The van der Waals surface area contributed by atoms with Gasteiger partial charge in [-0.15, -0.1) is 0 Å². The normalized spacial score (nSPS) is 22.1. The van der Waals surface area contributed by atoms with Gasteiger partial charge in [0, 0.05) is 17.8 Å². The summed E-state index contributed by atoms with van der Waals surface area (Å²) < 4.78 is 0. The number of fused-ring (bicyclic) bond motifs is 1. The second kappa shape index (κ2) is 2.91. The summed E-state index contributed by atoms with van der Waals surface area (Å²) in [7, 11) is 0. The molecular formula is C12H14N. The Bertz CT molecular complexity index is 353. The third kappa shape index (κ3) is 1.24. The molecule has 0 saturated heterocycles. The fourth-order valence-electron chi connectivity index (χ4n) is 1.72. The lowest BCUT2D eigenvalue weighted by Crippen LogP contribution is -2.18. The fraction of sp³-hybridized carbons (Fsp3) is 0.250. The molecule has 1 nitrogen and oxygen atoms in total. The number of rotatable bonds is 0. The summed E-state index contributed by atoms with van der Waals surface area (Å²) in [6, 6.07) is 0. The lowest BCUT2D eigenvalue weighted by Gasteiger charge is -2.26. The Hall–Kier alpha value is -1.24. The first kappa shape index (κ1) is 8.36. The van der Waals surface area contributed by atoms with Gasteiger partial charge in [-0.05, 0) is 37.1 Å². The van der Waals surface area contributed by atoms with E-state index in [0.29, 0.717) is 0 Å². The Morgan fingerprint density at radius 3 is 2.69 bits per heavy atom. The van der Waals surface area contributed by atoms with Gasteiger partial charge in [-0.2, -0.15) is 0 Å². The van der Waals surface area contributed by atoms with E-state index in [0.717, 1.165) is 0 Å². The molecule has 1 radical (unpaired) electrons. The first-order valence-electron chi connectivity index (χ1n) is 4.57. The van der Waals surface area contributed by atoms with Crippen LogP contribution in [0.25, 0.3) is 0 Å². The van der Waals surface area contributed by atoms with Crippen molar-refractivity contribution in [2.45, 2.75) is 20.8 Å². The van der Waals surface area contributed by atoms with Crippen LogP contribution in [0, 0.1) is 5.92 Å². The van der Waals surface area contributed by atoms with Crippen LogP contribution >= 0.6 is 0 Å². The molecule has 0 spiro atoms. The maximum Gasteiger partial charge on any atom is 0.0424 e. The minimum absolute atomic E-state index is 1.23. The van der Waals surface area contributed by atoms with Crippen molar-refractivity contribution in [3.63, 3.8) is 0 Å². The van der Waals surface area contributed by atoms with Crippen LogP contribution in [0.5, 0.6) is 0 Å². The molecule has 0 fully saturated rings. The lowest BCUT2D eigenvalue weighted by molar-refractivity contribution is 0.967. The number of hydrogen-bond donors (Lipinski definition) is 1. The quantitative estimate of drug-likeness (QED) is 0.592. The zero-order valence-corrected chi connectivity index (χ0v) is 8.31. The monoisotopic (exact) mass is 172 g/mol. The van der Waals surface area contributed by atoms with Gasteiger partial charge in [0.25, 0.3) is 0 Å². The Balaban J connectivity index is 2.48. The summed E-state index contributed by atoms with van der Waals surface area (Å²) in [5.74, 6) is 1.38. The average molecular weight is 172 g/mol. The van der Waals surface area contributed by atoms with E-state index >= 15 is 0 Å². The van der Waals surface area contributed by atoms with E-state index in [2.05, 4.69) is 38.2 Å². The molecule has 0 aromatic heterocycles. The molecule has 67 valence electrons. The zero-order chi connectivity index (χ0) is 9.42. The van der Waals surface area contributed by atoms with Crippen molar-refractivity contribution >= 4 is 0 Å². The molecule has 1 heteroatoms. The number of allylic oxidation sites excluding steroid dienone is 6. The molecule has 0 bridgehead atoms. The Kier molecular flexibility index (Phi) is 1.87. The van der Waals surface area contributed by atoms with Crippen LogP contribution in [0.3, 0.4) is 0 Å². The summed E-state index contributed by atoms with van der Waals surface area (Å²) in [5, 5.41) is 3.26. The largest absolute Gasteiger partial charge is 0.361 e. The summed E-state index contributed by atoms with van der Waals surface area (Å²) in [6.07, 6.45) is 8.38. The number of hydrogen-bond acceptors (Lipinski definition) is 1. The minimum atomic E-state index is 1.23. The molecule has 2 aliphatic rings. The van der Waals surface area contributed by atoms with Gasteiger partial charge in [-0.1, -0.05) is 18.6 Å². The lowest BCUT2D eigenvalue weighted by atomic mass is 9.83. The average Bonchev–Trinajstić information content (AvgIpc) is 2.15. The van der Waals surface area contributed by atoms with Crippen LogP contribution in [-0.2, 0) is 0 Å². The molecule has 0 unspecified atom stereocenters. The summed E-state index contributed by atoms with van der Waals surface area (Å²) in [4.78, 5) is 0. The molecule has 0 amide bonds. The number of nitrogens with one attached hydrogen (secondary N) is 1. The smallest absolute Gasteiger partial charge is 0.0424 e. The van der Waals surface area contributed by atoms with E-state index in [4.69, 9.17) is 0 Å². The van der Waals surface area contributed by atoms with Gasteiger partial charge in [-0.25, -0.2) is 0 Å². The third-order valence-corrected chi connectivity index (χ3v) is 2.81. The van der Waals surface area contributed by atoms with E-state index in [-0.39, 0.29) is 0 Å². The predicted molar refractivity (Wildman–Crippen MR) is 55.7 cm³/mol. The predicted octanol–water partition coefficient (Wildman–Crippen LogP) is 2.86. The van der Waals surface area contributed by atoms with Gasteiger partial charge in [0.2, 0.25) is 0 Å². The van der Waals surface area contributed by atoms with Gasteiger partial charge < -0.3 is 5.32 Å². The summed E-state index contributed by atoms with van der Waals surface area (Å²) >= 11 is 0. The van der Waals surface area contributed by atoms with Crippen LogP contribution in [0.2, 0.25) is 0 Å². The van der Waals surface area contributed by atoms with E-state index in [1.807, 2.05) is 12.3 Å². The molecular weight excluding hydrogens is 158 g/mol. The SMILES string of the molecule is C[C]1C2=CC=CNC2=CC(C)=C1C. The van der Waals surface area contributed by atoms with E-state index in [9.17, 15) is 0 Å². The van der Waals surface area contributed by atoms with Crippen LogP contribution in [0.1, 0.15) is 20.8 Å². The van der Waals surface area contributed by atoms with Crippen molar-refractivity contribution in [1.29, 1.82) is 0 Å². The molecule has 13 heavy (non-hydrogen) atoms.